The Balaban J connectivity index is 2.67. The van der Waals surface area contributed by atoms with Crippen LogP contribution in [-0.2, 0) is 25.4 Å². The van der Waals surface area contributed by atoms with Gasteiger partial charge in [-0.2, -0.15) is 0 Å². The van der Waals surface area contributed by atoms with Crippen LogP contribution >= 0.6 is 0 Å². The molecule has 1 aromatic carbocycles. The number of rotatable bonds is 3. The Hall–Kier alpha value is -1.59. The molecule has 0 atom stereocenters. The molecule has 0 saturated heterocycles. The van der Waals surface area contributed by atoms with E-state index in [0.717, 1.165) is 16.6 Å². The molecule has 0 saturated carbocycles. The zero-order chi connectivity index (χ0) is 11.7. The molecule has 0 fully saturated rings. The Morgan fingerprint density at radius 3 is 2.75 bits per heavy atom. The second kappa shape index (κ2) is 4.11. The molecular weight excluding hydrogens is 206 g/mol. The topological polar surface area (TPSA) is 62.2 Å². The summed E-state index contributed by atoms with van der Waals surface area (Å²) in [6.07, 6.45) is 0.700. The first-order chi connectivity index (χ1) is 7.66. The minimum absolute atomic E-state index is 0.0175. The summed E-state index contributed by atoms with van der Waals surface area (Å²) in [6.45, 7) is 0.447. The van der Waals surface area contributed by atoms with Crippen molar-refractivity contribution in [3.05, 3.63) is 34.2 Å². The van der Waals surface area contributed by atoms with E-state index in [4.69, 9.17) is 5.90 Å². The summed E-state index contributed by atoms with van der Waals surface area (Å²) in [7, 11) is 3.55. The lowest BCUT2D eigenvalue weighted by atomic mass is 10.1. The molecule has 16 heavy (non-hydrogen) atoms. The summed E-state index contributed by atoms with van der Waals surface area (Å²) in [6, 6.07) is 5.86. The van der Waals surface area contributed by atoms with Crippen LogP contribution in [0.25, 0.3) is 11.0 Å². The van der Waals surface area contributed by atoms with E-state index in [1.54, 1.807) is 23.2 Å². The third-order valence-electron chi connectivity index (χ3n) is 2.86. The molecule has 0 amide bonds. The molecule has 1 aromatic heterocycles. The number of aryl methyl sites for hydroxylation is 2. The Labute approximate surface area is 93.0 Å². The third-order valence-corrected chi connectivity index (χ3v) is 2.86. The van der Waals surface area contributed by atoms with Gasteiger partial charge in [0, 0.05) is 14.1 Å². The number of aromatic nitrogens is 2. The predicted molar refractivity (Wildman–Crippen MR) is 62.0 cm³/mol. The molecule has 0 aliphatic rings. The molecular formula is C11H15N3O2. The van der Waals surface area contributed by atoms with Gasteiger partial charge in [-0.05, 0) is 18.1 Å². The number of hydrogen-bond donors (Lipinski definition) is 1. The molecule has 0 spiro atoms. The van der Waals surface area contributed by atoms with Crippen molar-refractivity contribution in [3.63, 3.8) is 0 Å². The average Bonchev–Trinajstić information content (AvgIpc) is 2.53. The van der Waals surface area contributed by atoms with Crippen molar-refractivity contribution >= 4 is 11.0 Å². The van der Waals surface area contributed by atoms with E-state index in [1.165, 1.54) is 0 Å². The monoisotopic (exact) mass is 221 g/mol. The quantitative estimate of drug-likeness (QED) is 0.759. The normalized spacial score (nSPS) is 11.2. The molecule has 2 N–H and O–H groups in total. The van der Waals surface area contributed by atoms with Gasteiger partial charge in [0.05, 0.1) is 17.6 Å². The lowest BCUT2D eigenvalue weighted by Crippen LogP contribution is -2.19. The van der Waals surface area contributed by atoms with Crippen molar-refractivity contribution in [3.8, 4) is 0 Å². The van der Waals surface area contributed by atoms with Gasteiger partial charge in [0.25, 0.3) is 0 Å². The van der Waals surface area contributed by atoms with Gasteiger partial charge in [-0.3, -0.25) is 9.13 Å². The average molecular weight is 221 g/mol. The van der Waals surface area contributed by atoms with Crippen molar-refractivity contribution in [2.45, 2.75) is 6.42 Å². The second-order valence-electron chi connectivity index (χ2n) is 3.81. The van der Waals surface area contributed by atoms with Gasteiger partial charge in [0.1, 0.15) is 0 Å². The number of para-hydroxylation sites is 1. The summed E-state index contributed by atoms with van der Waals surface area (Å²) >= 11 is 0. The summed E-state index contributed by atoms with van der Waals surface area (Å²) in [5.41, 5.74) is 2.94. The van der Waals surface area contributed by atoms with Crippen LogP contribution < -0.4 is 11.6 Å². The lowest BCUT2D eigenvalue weighted by Gasteiger charge is -2.03. The molecule has 0 aliphatic carbocycles. The number of benzene rings is 1. The van der Waals surface area contributed by atoms with E-state index in [2.05, 4.69) is 4.84 Å². The van der Waals surface area contributed by atoms with Gasteiger partial charge in [-0.25, -0.2) is 10.7 Å². The Kier molecular flexibility index (Phi) is 2.80. The first-order valence-corrected chi connectivity index (χ1v) is 5.11. The van der Waals surface area contributed by atoms with Gasteiger partial charge < -0.3 is 4.84 Å². The fourth-order valence-electron chi connectivity index (χ4n) is 2.03. The molecule has 1 heterocycles. The predicted octanol–water partition coefficient (Wildman–Crippen LogP) is 0.310. The maximum absolute atomic E-state index is 11.8. The minimum atomic E-state index is -0.0175. The summed E-state index contributed by atoms with van der Waals surface area (Å²) < 4.78 is 3.29. The van der Waals surface area contributed by atoms with E-state index >= 15 is 0 Å². The molecule has 0 unspecified atom stereocenters. The Bertz CT molecular complexity index is 568. The van der Waals surface area contributed by atoms with E-state index in [-0.39, 0.29) is 5.69 Å². The van der Waals surface area contributed by atoms with E-state index < -0.39 is 0 Å². The maximum atomic E-state index is 11.8. The SMILES string of the molecule is Cn1c(=O)n(C)c2c(CCON)cccc21. The number of nitrogens with zero attached hydrogens (tertiary/aromatic N) is 2. The van der Waals surface area contributed by atoms with Crippen molar-refractivity contribution < 1.29 is 4.84 Å². The molecule has 0 aliphatic heterocycles. The van der Waals surface area contributed by atoms with Crippen LogP contribution in [0.15, 0.2) is 23.0 Å². The molecule has 2 rings (SSSR count). The summed E-state index contributed by atoms with van der Waals surface area (Å²) in [4.78, 5) is 16.4. The highest BCUT2D eigenvalue weighted by molar-refractivity contribution is 5.79. The summed E-state index contributed by atoms with van der Waals surface area (Å²) in [5, 5.41) is 0. The van der Waals surface area contributed by atoms with Crippen LogP contribution in [-0.4, -0.2) is 15.7 Å². The highest BCUT2D eigenvalue weighted by Gasteiger charge is 2.10. The van der Waals surface area contributed by atoms with Crippen LogP contribution in [0.4, 0.5) is 0 Å². The van der Waals surface area contributed by atoms with Crippen molar-refractivity contribution in [2.75, 3.05) is 6.61 Å². The highest BCUT2D eigenvalue weighted by Crippen LogP contribution is 2.17. The van der Waals surface area contributed by atoms with Crippen LogP contribution in [0.5, 0.6) is 0 Å². The van der Waals surface area contributed by atoms with Gasteiger partial charge in [-0.15, -0.1) is 0 Å². The number of fused-ring (bicyclic) bond motifs is 1. The highest BCUT2D eigenvalue weighted by atomic mass is 16.6. The number of hydrogen-bond acceptors (Lipinski definition) is 3. The number of imidazole rings is 1. The fraction of sp³-hybridized carbons (Fsp3) is 0.364. The van der Waals surface area contributed by atoms with Gasteiger partial charge in [0.15, 0.2) is 0 Å². The molecule has 2 aromatic rings. The first-order valence-electron chi connectivity index (χ1n) is 5.11. The fourth-order valence-corrected chi connectivity index (χ4v) is 2.03. The van der Waals surface area contributed by atoms with E-state index in [9.17, 15) is 4.79 Å². The Morgan fingerprint density at radius 2 is 2.06 bits per heavy atom. The van der Waals surface area contributed by atoms with Crippen LogP contribution in [0, 0.1) is 0 Å². The largest absolute Gasteiger partial charge is 0.328 e. The molecule has 86 valence electrons. The number of nitrogens with two attached hydrogens (primary N) is 1. The molecule has 5 nitrogen and oxygen atoms in total. The standard InChI is InChI=1S/C11H15N3O2/c1-13-9-5-3-4-8(6-7-16-12)10(9)14(2)11(13)15/h3-5H,6-7,12H2,1-2H3. The molecule has 5 heteroatoms. The first kappa shape index (κ1) is 10.9. The minimum Gasteiger partial charge on any atom is -0.304 e. The van der Waals surface area contributed by atoms with Gasteiger partial charge >= 0.3 is 5.69 Å². The zero-order valence-corrected chi connectivity index (χ0v) is 9.43. The van der Waals surface area contributed by atoms with Crippen molar-refractivity contribution in [2.24, 2.45) is 20.0 Å². The maximum Gasteiger partial charge on any atom is 0.328 e. The van der Waals surface area contributed by atoms with Crippen molar-refractivity contribution in [1.82, 2.24) is 9.13 Å². The van der Waals surface area contributed by atoms with Gasteiger partial charge in [-0.1, -0.05) is 12.1 Å². The second-order valence-corrected chi connectivity index (χ2v) is 3.81. The van der Waals surface area contributed by atoms with E-state index in [0.29, 0.717) is 13.0 Å². The lowest BCUT2D eigenvalue weighted by molar-refractivity contribution is 0.141. The Morgan fingerprint density at radius 1 is 1.31 bits per heavy atom. The van der Waals surface area contributed by atoms with Crippen molar-refractivity contribution in [1.29, 1.82) is 0 Å². The van der Waals surface area contributed by atoms with Gasteiger partial charge in [0.2, 0.25) is 0 Å². The van der Waals surface area contributed by atoms with E-state index in [1.807, 2.05) is 18.2 Å². The summed E-state index contributed by atoms with van der Waals surface area (Å²) in [5.74, 6) is 5.02. The van der Waals surface area contributed by atoms with Crippen LogP contribution in [0.1, 0.15) is 5.56 Å². The van der Waals surface area contributed by atoms with Crippen LogP contribution in [0.3, 0.4) is 0 Å². The zero-order valence-electron chi connectivity index (χ0n) is 9.43. The molecule has 0 bridgehead atoms. The van der Waals surface area contributed by atoms with Crippen LogP contribution in [0.2, 0.25) is 0 Å². The smallest absolute Gasteiger partial charge is 0.304 e. The third kappa shape index (κ3) is 1.54. The molecule has 0 radical (unpaired) electrons.